The molecule has 2 unspecified atom stereocenters. The van der Waals surface area contributed by atoms with Crippen LogP contribution in [0.25, 0.3) is 0 Å². The summed E-state index contributed by atoms with van der Waals surface area (Å²) < 4.78 is 17.5. The van der Waals surface area contributed by atoms with Crippen molar-refractivity contribution in [2.24, 2.45) is 36.6 Å². The van der Waals surface area contributed by atoms with Crippen LogP contribution in [-0.2, 0) is 21.3 Å². The lowest BCUT2D eigenvalue weighted by Gasteiger charge is -2.24. The number of hydrogen-bond donors (Lipinski definition) is 0. The highest BCUT2D eigenvalue weighted by molar-refractivity contribution is 5.27. The summed E-state index contributed by atoms with van der Waals surface area (Å²) >= 11 is 0. The van der Waals surface area contributed by atoms with Gasteiger partial charge in [0.1, 0.15) is 24.3 Å². The van der Waals surface area contributed by atoms with Gasteiger partial charge in [0.05, 0.1) is 6.10 Å². The number of aryl methyl sites for hydroxylation is 12. The van der Waals surface area contributed by atoms with E-state index in [1.54, 1.807) is 30.3 Å². The SMILES string of the molecule is CC(C)C1CCCO1.CC(C)C1CCOC1.CC(C)C1CCOCC1.CC(C)c1ccc(=O)n(C)c1.CC(C)c1cncnc1.Cc1cc(C(C)C)ccn1.Cc1cc(C(C)C)ncn1.Cc1cc(C)nc(C(C)C)n1.Cc1ccc(C(C)C)nc1C.Cc1cnc(C(C)C)cc1C.Cc1cnc(C(C)C)cc1C.Cc1cnc(C(C)C)nc1. The van der Waals surface area contributed by atoms with Gasteiger partial charge in [-0.15, -0.1) is 0 Å². The Morgan fingerprint density at radius 3 is 1.18 bits per heavy atom. The molecule has 119 heavy (non-hydrogen) atoms. The fourth-order valence-corrected chi connectivity index (χ4v) is 11.5. The fourth-order valence-electron chi connectivity index (χ4n) is 11.5. The van der Waals surface area contributed by atoms with Gasteiger partial charge < -0.3 is 18.8 Å². The second-order valence-corrected chi connectivity index (χ2v) is 35.8. The number of pyridine rings is 5. The molecule has 0 aliphatic carbocycles. The Morgan fingerprint density at radius 2 is 0.832 bits per heavy atom. The van der Waals surface area contributed by atoms with Crippen molar-refractivity contribution in [3.63, 3.8) is 0 Å². The van der Waals surface area contributed by atoms with Crippen LogP contribution in [0.1, 0.15) is 365 Å². The van der Waals surface area contributed by atoms with Gasteiger partial charge in [-0.2, -0.15) is 0 Å². The van der Waals surface area contributed by atoms with Crippen molar-refractivity contribution in [1.82, 2.24) is 64.4 Å². The van der Waals surface area contributed by atoms with Gasteiger partial charge in [0.15, 0.2) is 0 Å². The van der Waals surface area contributed by atoms with E-state index in [0.29, 0.717) is 59.4 Å². The minimum atomic E-state index is 0.0504. The second-order valence-electron chi connectivity index (χ2n) is 35.8. The lowest BCUT2D eigenvalue weighted by atomic mass is 9.89. The third-order valence-corrected chi connectivity index (χ3v) is 20.6. The number of nitrogens with zero attached hydrogens (tertiary/aromatic N) is 13. The molecule has 17 nitrogen and oxygen atoms in total. The minimum absolute atomic E-state index is 0.0504. The Hall–Kier alpha value is -8.25. The van der Waals surface area contributed by atoms with E-state index in [-0.39, 0.29) is 5.56 Å². The van der Waals surface area contributed by atoms with Crippen molar-refractivity contribution in [2.45, 2.75) is 334 Å². The molecule has 9 aromatic heterocycles. The molecule has 2 atom stereocenters. The van der Waals surface area contributed by atoms with Gasteiger partial charge >= 0.3 is 0 Å². The van der Waals surface area contributed by atoms with Crippen LogP contribution in [0.3, 0.4) is 0 Å². The van der Waals surface area contributed by atoms with Crippen LogP contribution in [0, 0.1) is 106 Å². The van der Waals surface area contributed by atoms with E-state index in [1.165, 1.54) is 93.7 Å². The van der Waals surface area contributed by atoms with Crippen LogP contribution in [0.15, 0.2) is 128 Å². The predicted molar refractivity (Wildman–Crippen MR) is 502 cm³/mol. The maximum absolute atomic E-state index is 11.0. The molecule has 0 saturated carbocycles. The van der Waals surface area contributed by atoms with Gasteiger partial charge in [0, 0.05) is 159 Å². The van der Waals surface area contributed by atoms with Gasteiger partial charge in [-0.3, -0.25) is 24.7 Å². The van der Waals surface area contributed by atoms with E-state index in [4.69, 9.17) is 14.2 Å². The Labute approximate surface area is 724 Å². The number of aromatic nitrogens is 13. The molecule has 3 saturated heterocycles. The van der Waals surface area contributed by atoms with E-state index in [9.17, 15) is 4.79 Å². The monoisotopic (exact) mass is 1630 g/mol. The third kappa shape index (κ3) is 47.5. The molecule has 0 spiro atoms. The fraction of sp³-hybridized carbons (Fsp3) is 0.598. The molecule has 3 fully saturated rings. The number of hydrogen-bond acceptors (Lipinski definition) is 16. The summed E-state index contributed by atoms with van der Waals surface area (Å²) in [5, 5.41) is 0. The quantitative estimate of drug-likeness (QED) is 0.112. The normalized spacial score (nSPS) is 14.0. The smallest absolute Gasteiger partial charge is 0.250 e. The summed E-state index contributed by atoms with van der Waals surface area (Å²) in [5.41, 5.74) is 21.5. The Balaban J connectivity index is 0.000000650. The molecule has 17 heteroatoms. The second kappa shape index (κ2) is 59.5. The van der Waals surface area contributed by atoms with Crippen molar-refractivity contribution in [2.75, 3.05) is 33.0 Å². The maximum Gasteiger partial charge on any atom is 0.250 e. The number of ether oxygens (including phenoxy) is 3. The topological polar surface area (TPSA) is 204 Å². The van der Waals surface area contributed by atoms with E-state index in [0.717, 1.165) is 114 Å². The minimum Gasteiger partial charge on any atom is -0.381 e. The highest BCUT2D eigenvalue weighted by atomic mass is 16.5. The molecule has 3 aliphatic heterocycles. The lowest BCUT2D eigenvalue weighted by molar-refractivity contribution is 0.0523. The third-order valence-electron chi connectivity index (χ3n) is 20.6. The largest absolute Gasteiger partial charge is 0.381 e. The zero-order chi connectivity index (χ0) is 90.2. The first-order chi connectivity index (χ1) is 55.8. The lowest BCUT2D eigenvalue weighted by Crippen LogP contribution is -2.19. The van der Waals surface area contributed by atoms with Crippen molar-refractivity contribution in [3.05, 3.63) is 246 Å². The van der Waals surface area contributed by atoms with Crippen LogP contribution >= 0.6 is 0 Å². The Morgan fingerprint density at radius 1 is 0.353 bits per heavy atom. The maximum atomic E-state index is 11.0. The molecule has 660 valence electrons. The van der Waals surface area contributed by atoms with Gasteiger partial charge in [-0.05, 0) is 272 Å². The summed E-state index contributed by atoms with van der Waals surface area (Å²) in [7, 11) is 1.77. The zero-order valence-corrected chi connectivity index (χ0v) is 81.2. The molecular weight excluding hydrogens is 1470 g/mol. The van der Waals surface area contributed by atoms with Crippen LogP contribution in [0.5, 0.6) is 0 Å². The van der Waals surface area contributed by atoms with Crippen molar-refractivity contribution in [1.29, 1.82) is 0 Å². The first-order valence-electron chi connectivity index (χ1n) is 44.2. The predicted octanol–water partition coefficient (Wildman–Crippen LogP) is 25.7. The highest BCUT2D eigenvalue weighted by Crippen LogP contribution is 2.25. The van der Waals surface area contributed by atoms with Gasteiger partial charge in [-0.1, -0.05) is 178 Å². The summed E-state index contributed by atoms with van der Waals surface area (Å²) in [6, 6.07) is 20.3. The first kappa shape index (κ1) is 109. The van der Waals surface area contributed by atoms with E-state index >= 15 is 0 Å². The molecule has 0 radical (unpaired) electrons. The van der Waals surface area contributed by atoms with Gasteiger partial charge in [0.2, 0.25) is 5.56 Å². The van der Waals surface area contributed by atoms with Gasteiger partial charge in [-0.25, -0.2) is 39.9 Å². The van der Waals surface area contributed by atoms with E-state index in [2.05, 4.69) is 304 Å². The highest BCUT2D eigenvalue weighted by Gasteiger charge is 2.20. The van der Waals surface area contributed by atoms with Crippen molar-refractivity contribution < 1.29 is 14.2 Å². The molecule has 0 N–H and O–H groups in total. The van der Waals surface area contributed by atoms with Crippen LogP contribution in [0.4, 0.5) is 0 Å². The Kier molecular flexibility index (Phi) is 54.3. The Bertz CT molecular complexity index is 3990. The molecule has 12 heterocycles. The average Bonchev–Trinajstić information content (AvgIpc) is 1.80. The van der Waals surface area contributed by atoms with E-state index in [1.807, 2.05) is 102 Å². The first-order valence-corrected chi connectivity index (χ1v) is 44.2. The van der Waals surface area contributed by atoms with E-state index < -0.39 is 0 Å². The zero-order valence-electron chi connectivity index (χ0n) is 81.2. The molecule has 12 rings (SSSR count). The summed E-state index contributed by atoms with van der Waals surface area (Å²) in [6.07, 6.45) is 25.1. The van der Waals surface area contributed by atoms with Crippen molar-refractivity contribution >= 4 is 0 Å². The van der Waals surface area contributed by atoms with Crippen LogP contribution in [-0.4, -0.2) is 104 Å². The molecule has 3 aliphatic rings. The standard InChI is InChI=1S/3C10H15N.C9H14N2.C9H13NO.C9H13N.2C8H12N2.C8H16O.C7H10N2.2C7H14O/c2*1-7(2)10-5-8(3)9(4)6-11-10;1-7(2)10-6-5-8(3)9(4)11-10;1-6(2)9-10-7(3)5-8(4)11-9;1-7(2)8-4-5-9(11)10(3)6-8;1-7(2)9-4-5-10-8(3)6-9;1-6(2)8-4-7(3)9-5-10-8;1-6(2)8-9-4-7(3)5-10-8;1-7(2)8-3-5-9-6-4-8;1-6(2)7-3-8-5-9-4-7;1-6(2)7-3-4-8-5-7;1-6(2)7-4-3-5-8-7/h3*5-7H,1-4H3;5-6H,1-4H3;4-7H,1-3H3;4-7H,1-3H3;2*4-6H,1-3H3;7-8H,3-6H2,1-2H3;3-6H,1-2H3;2*6-7H,3-5H2,1-2H3. The summed E-state index contributed by atoms with van der Waals surface area (Å²) in [5.74, 6) is 10.6. The average molecular weight is 1640 g/mol. The van der Waals surface area contributed by atoms with Crippen LogP contribution < -0.4 is 5.56 Å². The summed E-state index contributed by atoms with van der Waals surface area (Å²) in [6.45, 7) is 79.6. The number of rotatable bonds is 12. The van der Waals surface area contributed by atoms with Gasteiger partial charge in [0.25, 0.3) is 0 Å². The molecule has 0 amide bonds. The molecule has 0 bridgehead atoms. The summed E-state index contributed by atoms with van der Waals surface area (Å²) in [4.78, 5) is 61.1. The van der Waals surface area contributed by atoms with Crippen LogP contribution in [0.2, 0.25) is 0 Å². The van der Waals surface area contributed by atoms with Crippen molar-refractivity contribution in [3.8, 4) is 0 Å². The molecular formula is C102H163N13O4. The molecule has 9 aromatic rings. The molecule has 0 aromatic carbocycles.